The van der Waals surface area contributed by atoms with E-state index in [0.29, 0.717) is 6.04 Å². The van der Waals surface area contributed by atoms with Crippen LogP contribution >= 0.6 is 0 Å². The third-order valence-electron chi connectivity index (χ3n) is 3.50. The largest absolute Gasteiger partial charge is 0.369 e. The molecule has 16 heavy (non-hydrogen) atoms. The summed E-state index contributed by atoms with van der Waals surface area (Å²) in [5.41, 5.74) is 3.11. The zero-order valence-electron chi connectivity index (χ0n) is 10.2. The maximum absolute atomic E-state index is 10.8. The maximum atomic E-state index is 10.8. The van der Waals surface area contributed by atoms with Crippen molar-refractivity contribution < 1.29 is 4.79 Å². The molecule has 0 amide bonds. The minimum Gasteiger partial charge on any atom is -0.369 e. The molecule has 86 valence electrons. The van der Waals surface area contributed by atoms with Crippen molar-refractivity contribution in [1.82, 2.24) is 0 Å². The molecular formula is C14H19NO. The summed E-state index contributed by atoms with van der Waals surface area (Å²) in [4.78, 5) is 13.2. The van der Waals surface area contributed by atoms with Crippen molar-refractivity contribution in [3.63, 3.8) is 0 Å². The number of carbonyl (C=O) groups is 1. The SMILES string of the molecule is Cc1cc(N2CC(C)CC2C)ccc1C=O. The summed E-state index contributed by atoms with van der Waals surface area (Å²) in [5, 5.41) is 0. The van der Waals surface area contributed by atoms with Gasteiger partial charge in [0.1, 0.15) is 6.29 Å². The number of aldehydes is 1. The van der Waals surface area contributed by atoms with Crippen LogP contribution in [0.15, 0.2) is 18.2 Å². The summed E-state index contributed by atoms with van der Waals surface area (Å²) in [6, 6.07) is 6.72. The molecule has 1 aromatic rings. The topological polar surface area (TPSA) is 20.3 Å². The Morgan fingerprint density at radius 3 is 2.62 bits per heavy atom. The molecule has 1 fully saturated rings. The number of nitrogens with zero attached hydrogens (tertiary/aromatic N) is 1. The lowest BCUT2D eigenvalue weighted by Gasteiger charge is -2.24. The Morgan fingerprint density at radius 2 is 2.12 bits per heavy atom. The highest BCUT2D eigenvalue weighted by molar-refractivity contribution is 5.78. The fourth-order valence-corrected chi connectivity index (χ4v) is 2.63. The van der Waals surface area contributed by atoms with E-state index in [-0.39, 0.29) is 0 Å². The lowest BCUT2D eigenvalue weighted by molar-refractivity contribution is 0.112. The third kappa shape index (κ3) is 1.97. The zero-order chi connectivity index (χ0) is 11.7. The van der Waals surface area contributed by atoms with Crippen LogP contribution in [-0.2, 0) is 0 Å². The van der Waals surface area contributed by atoms with Crippen molar-refractivity contribution in [1.29, 1.82) is 0 Å². The van der Waals surface area contributed by atoms with Gasteiger partial charge in [-0.15, -0.1) is 0 Å². The van der Waals surface area contributed by atoms with Crippen LogP contribution in [0.4, 0.5) is 5.69 Å². The molecule has 1 aliphatic rings. The maximum Gasteiger partial charge on any atom is 0.150 e. The van der Waals surface area contributed by atoms with E-state index in [1.165, 1.54) is 12.1 Å². The standard InChI is InChI=1S/C14H19NO/c1-10-6-12(3)15(8-10)14-5-4-13(9-16)11(2)7-14/h4-5,7,9-10,12H,6,8H2,1-3H3. The first-order chi connectivity index (χ1) is 7.61. The summed E-state index contributed by atoms with van der Waals surface area (Å²) >= 11 is 0. The van der Waals surface area contributed by atoms with Gasteiger partial charge in [-0.05, 0) is 49.9 Å². The molecule has 0 spiro atoms. The first-order valence-corrected chi connectivity index (χ1v) is 5.94. The van der Waals surface area contributed by atoms with Gasteiger partial charge in [0.2, 0.25) is 0 Å². The predicted octanol–water partition coefficient (Wildman–Crippen LogP) is 3.04. The van der Waals surface area contributed by atoms with Crippen molar-refractivity contribution in [2.24, 2.45) is 5.92 Å². The van der Waals surface area contributed by atoms with E-state index in [1.807, 2.05) is 13.0 Å². The molecule has 0 aliphatic carbocycles. The van der Waals surface area contributed by atoms with Gasteiger partial charge in [-0.25, -0.2) is 0 Å². The van der Waals surface area contributed by atoms with Gasteiger partial charge >= 0.3 is 0 Å². The highest BCUT2D eigenvalue weighted by Gasteiger charge is 2.26. The van der Waals surface area contributed by atoms with Gasteiger partial charge in [0.25, 0.3) is 0 Å². The lowest BCUT2D eigenvalue weighted by Crippen LogP contribution is -2.26. The quantitative estimate of drug-likeness (QED) is 0.710. The summed E-state index contributed by atoms with van der Waals surface area (Å²) in [6.07, 6.45) is 2.18. The smallest absolute Gasteiger partial charge is 0.150 e. The zero-order valence-corrected chi connectivity index (χ0v) is 10.2. The van der Waals surface area contributed by atoms with Crippen LogP contribution < -0.4 is 4.90 Å². The molecule has 0 bridgehead atoms. The monoisotopic (exact) mass is 217 g/mol. The van der Waals surface area contributed by atoms with Crippen LogP contribution in [-0.4, -0.2) is 18.9 Å². The van der Waals surface area contributed by atoms with E-state index in [4.69, 9.17) is 0 Å². The van der Waals surface area contributed by atoms with Crippen LogP contribution in [0.3, 0.4) is 0 Å². The summed E-state index contributed by atoms with van der Waals surface area (Å²) < 4.78 is 0. The highest BCUT2D eigenvalue weighted by atomic mass is 16.1. The summed E-state index contributed by atoms with van der Waals surface area (Å²) in [7, 11) is 0. The minimum atomic E-state index is 0.608. The normalized spacial score (nSPS) is 24.8. The molecule has 2 nitrogen and oxygen atoms in total. The number of aryl methyl sites for hydroxylation is 1. The first kappa shape index (κ1) is 11.2. The second-order valence-electron chi connectivity index (χ2n) is 5.00. The van der Waals surface area contributed by atoms with Crippen molar-refractivity contribution in [2.45, 2.75) is 33.2 Å². The van der Waals surface area contributed by atoms with Crippen LogP contribution in [0.2, 0.25) is 0 Å². The molecule has 0 saturated carbocycles. The molecule has 1 aromatic carbocycles. The van der Waals surface area contributed by atoms with Gasteiger partial charge in [0.15, 0.2) is 0 Å². The Balaban J connectivity index is 2.28. The van der Waals surface area contributed by atoms with Crippen molar-refractivity contribution in [3.8, 4) is 0 Å². The molecular weight excluding hydrogens is 198 g/mol. The fourth-order valence-electron chi connectivity index (χ4n) is 2.63. The Morgan fingerprint density at radius 1 is 1.38 bits per heavy atom. The van der Waals surface area contributed by atoms with E-state index in [0.717, 1.165) is 29.9 Å². The Hall–Kier alpha value is -1.31. The van der Waals surface area contributed by atoms with Gasteiger partial charge in [0.05, 0.1) is 0 Å². The second kappa shape index (κ2) is 4.28. The molecule has 2 rings (SSSR count). The molecule has 2 heteroatoms. The average Bonchev–Trinajstić information content (AvgIpc) is 2.58. The minimum absolute atomic E-state index is 0.608. The predicted molar refractivity (Wildman–Crippen MR) is 67.2 cm³/mol. The van der Waals surface area contributed by atoms with Gasteiger partial charge in [0, 0.05) is 23.8 Å². The first-order valence-electron chi connectivity index (χ1n) is 5.94. The number of anilines is 1. The Labute approximate surface area is 97.3 Å². The van der Waals surface area contributed by atoms with E-state index >= 15 is 0 Å². The number of carbonyl (C=O) groups excluding carboxylic acids is 1. The number of benzene rings is 1. The summed E-state index contributed by atoms with van der Waals surface area (Å²) in [5.74, 6) is 0.765. The van der Waals surface area contributed by atoms with Gasteiger partial charge in [-0.1, -0.05) is 6.92 Å². The van der Waals surface area contributed by atoms with Gasteiger partial charge < -0.3 is 4.90 Å². The number of rotatable bonds is 2. The van der Waals surface area contributed by atoms with Gasteiger partial charge in [-0.2, -0.15) is 0 Å². The van der Waals surface area contributed by atoms with Crippen molar-refractivity contribution in [2.75, 3.05) is 11.4 Å². The van der Waals surface area contributed by atoms with Crippen LogP contribution in [0.5, 0.6) is 0 Å². The lowest BCUT2D eigenvalue weighted by atomic mass is 10.1. The fraction of sp³-hybridized carbons (Fsp3) is 0.500. The van der Waals surface area contributed by atoms with E-state index in [9.17, 15) is 4.79 Å². The van der Waals surface area contributed by atoms with Crippen LogP contribution in [0.1, 0.15) is 36.2 Å². The molecule has 0 N–H and O–H groups in total. The van der Waals surface area contributed by atoms with E-state index in [2.05, 4.69) is 30.9 Å². The van der Waals surface area contributed by atoms with Gasteiger partial charge in [-0.3, -0.25) is 4.79 Å². The Kier molecular flexibility index (Phi) is 2.99. The number of hydrogen-bond acceptors (Lipinski definition) is 2. The third-order valence-corrected chi connectivity index (χ3v) is 3.50. The molecule has 1 aliphatic heterocycles. The van der Waals surface area contributed by atoms with E-state index < -0.39 is 0 Å². The van der Waals surface area contributed by atoms with Crippen molar-refractivity contribution in [3.05, 3.63) is 29.3 Å². The summed E-state index contributed by atoms with van der Waals surface area (Å²) in [6.45, 7) is 7.69. The van der Waals surface area contributed by atoms with Crippen molar-refractivity contribution >= 4 is 12.0 Å². The highest BCUT2D eigenvalue weighted by Crippen LogP contribution is 2.29. The molecule has 0 aromatic heterocycles. The molecule has 2 unspecified atom stereocenters. The van der Waals surface area contributed by atoms with Crippen LogP contribution in [0, 0.1) is 12.8 Å². The van der Waals surface area contributed by atoms with E-state index in [1.54, 1.807) is 0 Å². The number of hydrogen-bond donors (Lipinski definition) is 0. The van der Waals surface area contributed by atoms with Crippen LogP contribution in [0.25, 0.3) is 0 Å². The molecule has 2 atom stereocenters. The molecule has 1 heterocycles. The second-order valence-corrected chi connectivity index (χ2v) is 5.00. The molecule has 1 saturated heterocycles. The Bertz CT molecular complexity index is 400. The molecule has 0 radical (unpaired) electrons. The average molecular weight is 217 g/mol.